The first-order valence-electron chi connectivity index (χ1n) is 48.0. The van der Waals surface area contributed by atoms with Crippen LogP contribution >= 0.6 is 0 Å². The van der Waals surface area contributed by atoms with Gasteiger partial charge in [0.25, 0.3) is 0 Å². The number of hydrogen-bond donors (Lipinski definition) is 0. The molecule has 6 heterocycles. The molecule has 0 unspecified atom stereocenters. The first-order valence-corrected chi connectivity index (χ1v) is 41.5. The maximum absolute atomic E-state index is 12.1. The van der Waals surface area contributed by atoms with E-state index in [2.05, 4.69) is 98.7 Å². The van der Waals surface area contributed by atoms with Crippen molar-refractivity contribution in [3.63, 3.8) is 0 Å². The van der Waals surface area contributed by atoms with Gasteiger partial charge in [-0.25, -0.2) is 0 Å². The van der Waals surface area contributed by atoms with Crippen LogP contribution < -0.4 is 9.80 Å². The third-order valence-electron chi connectivity index (χ3n) is 22.4. The number of hydrogen-bond acceptors (Lipinski definition) is 2. The van der Waals surface area contributed by atoms with E-state index in [-0.39, 0.29) is 110 Å². The summed E-state index contributed by atoms with van der Waals surface area (Å²) in [6.07, 6.45) is 0. The average Bonchev–Trinajstić information content (AvgIpc) is 1.67. The standard InChI is InChI=1S/C107H84N4Se2/c1-105(2,3)72-58-85(68-38-20-12-21-39-68)99(86(59-72)69-40-22-13-23-41-69)110-91-64-75(108-89-52-30-28-46-79(89)96-83-50-32-48-77(101(83)112-103(96)108)66-34-16-10-17-35-66)54-56-81(91)95-82-57-55-76(109-90-53-31-29-47-80(90)97-84-51-33-49-78(102(84)113-104(97)109)67-36-18-11-19-37-67)65-92(82)111(94-63-74(107(7,8)9)62-93(110)98(94)95)100-87(70-42-24-14-25-43-70)60-73(106(4,5)6)61-88(100)71-44-26-15-27-45-71/h10-65,95H,1-9H3/i28D,29D,30D,31D,32D,33D,46D,47D,48D,49D,50D,51D,52D,53D,54D,55D,56D,57D,64D,65D. The molecule has 0 spiro atoms. The van der Waals surface area contributed by atoms with Crippen molar-refractivity contribution in [3.8, 4) is 78.1 Å². The Hall–Kier alpha value is -12.0. The molecule has 6 heteroatoms. The third-order valence-corrected chi connectivity index (χ3v) is 27.4. The summed E-state index contributed by atoms with van der Waals surface area (Å²) in [6.45, 7) is 19.1. The molecule has 4 aromatic heterocycles. The van der Waals surface area contributed by atoms with Crippen molar-refractivity contribution in [2.75, 3.05) is 9.80 Å². The summed E-state index contributed by atoms with van der Waals surface area (Å²) in [4.78, 5) is 4.05. The van der Waals surface area contributed by atoms with Gasteiger partial charge in [0, 0.05) is 0 Å². The van der Waals surface area contributed by atoms with E-state index in [1.807, 2.05) is 168 Å². The van der Waals surface area contributed by atoms with Gasteiger partial charge in [-0.1, -0.05) is 0 Å². The van der Waals surface area contributed by atoms with Gasteiger partial charge >= 0.3 is 705 Å². The monoisotopic (exact) mass is 1600 g/mol. The molecule has 0 saturated heterocycles. The maximum atomic E-state index is 12.1. The van der Waals surface area contributed by atoms with E-state index in [0.717, 1.165) is 33.4 Å². The second-order valence-corrected chi connectivity index (χ2v) is 36.6. The Kier molecular flexibility index (Phi) is 11.8. The molecule has 4 nitrogen and oxygen atoms in total. The van der Waals surface area contributed by atoms with Crippen LogP contribution in [0.2, 0.25) is 0 Å². The zero-order chi connectivity index (χ0) is 93.7. The summed E-state index contributed by atoms with van der Waals surface area (Å²) < 4.78 is 212. The Balaban J connectivity index is 1.02. The normalized spacial score (nSPS) is 15.6. The summed E-state index contributed by atoms with van der Waals surface area (Å²) in [7, 11) is 0. The van der Waals surface area contributed by atoms with Gasteiger partial charge in [-0.3, -0.25) is 0 Å². The van der Waals surface area contributed by atoms with Crippen LogP contribution in [-0.2, 0) is 16.2 Å². The van der Waals surface area contributed by atoms with Crippen LogP contribution in [0, 0.1) is 0 Å². The summed E-state index contributed by atoms with van der Waals surface area (Å²) in [5.41, 5.74) is 9.26. The first-order chi connectivity index (χ1) is 63.3. The van der Waals surface area contributed by atoms with E-state index in [0.29, 0.717) is 86.9 Å². The molecular formula is C107H84N4Se2. The molecule has 2 aliphatic rings. The van der Waals surface area contributed by atoms with Crippen LogP contribution in [0.25, 0.3) is 139 Å². The van der Waals surface area contributed by atoms with Gasteiger partial charge in [0.2, 0.25) is 0 Å². The van der Waals surface area contributed by atoms with E-state index in [9.17, 15) is 27.4 Å². The van der Waals surface area contributed by atoms with Crippen LogP contribution in [0.15, 0.2) is 339 Å². The average molecular weight is 1600 g/mol. The second-order valence-electron chi connectivity index (χ2n) is 32.4. The van der Waals surface area contributed by atoms with Crippen molar-refractivity contribution in [2.45, 2.75) is 84.5 Å². The van der Waals surface area contributed by atoms with Crippen LogP contribution in [0.5, 0.6) is 0 Å². The summed E-state index contributed by atoms with van der Waals surface area (Å²) in [6, 6.07) is 60.7. The molecule has 113 heavy (non-hydrogen) atoms. The molecule has 15 aromatic carbocycles. The molecule has 544 valence electrons. The summed E-state index contributed by atoms with van der Waals surface area (Å²) in [5, 5.41) is 0.529. The Bertz CT molecular complexity index is 7710. The number of nitrogens with zero attached hydrogens (tertiary/aromatic N) is 4. The predicted molar refractivity (Wildman–Crippen MR) is 483 cm³/mol. The number of anilines is 6. The van der Waals surface area contributed by atoms with E-state index in [1.165, 1.54) is 9.13 Å². The molecule has 0 bridgehead atoms. The van der Waals surface area contributed by atoms with Crippen molar-refractivity contribution in [2.24, 2.45) is 0 Å². The van der Waals surface area contributed by atoms with Gasteiger partial charge in [0.1, 0.15) is 0 Å². The van der Waals surface area contributed by atoms with Gasteiger partial charge in [0.15, 0.2) is 0 Å². The fourth-order valence-corrected chi connectivity index (χ4v) is 22.3. The first kappa shape index (κ1) is 50.8. The zero-order valence-corrected chi connectivity index (χ0v) is 66.9. The van der Waals surface area contributed by atoms with E-state index in [4.69, 9.17) is 0 Å². The molecule has 21 rings (SSSR count). The van der Waals surface area contributed by atoms with Gasteiger partial charge in [-0.2, -0.15) is 0 Å². The van der Waals surface area contributed by atoms with Crippen LogP contribution in [0.1, 0.15) is 129 Å². The molecule has 0 radical (unpaired) electrons. The Morgan fingerprint density at radius 3 is 0.929 bits per heavy atom. The SMILES string of the molecule is [2H]c1c([2H])c(-n2c3[se]c4c(-c5ccccc5)c([2H])c([2H])c([2H])c4c3c3c([2H])c([2H])c([2H])c([2H])c32)c([2H])c2c1C1c3c(cc(C(C)(C)C)cc3N(c3c(-c4ccccc4)cc(C(C)(C)C)cc3-c3ccccc3)c3c([2H])c(-n4c5[se]c6c(-c7ccccc7)c([2H])c([2H])c([2H])c6c5c5c([2H])c([2H])c([2H])c([2H])c54)c([2H])c([2H])c31)N2c1c(-c2ccccc2)cc(C(C)(C)C)cc1-c1ccccc1. The van der Waals surface area contributed by atoms with Crippen molar-refractivity contribution in [3.05, 3.63) is 373 Å². The molecule has 0 aliphatic carbocycles. The number of fused-ring (bicyclic) bond motifs is 14. The Morgan fingerprint density at radius 2 is 0.602 bits per heavy atom. The van der Waals surface area contributed by atoms with E-state index >= 15 is 0 Å². The number of benzene rings is 15. The number of rotatable bonds is 10. The predicted octanol–water partition coefficient (Wildman–Crippen LogP) is 28.9. The quantitative estimate of drug-likeness (QED) is 0.127. The molecule has 2 aliphatic heterocycles. The second kappa shape index (κ2) is 26.3. The third kappa shape index (κ3) is 11.1. The van der Waals surface area contributed by atoms with Crippen LogP contribution in [0.4, 0.5) is 34.1 Å². The molecule has 0 atom stereocenters. The Morgan fingerprint density at radius 1 is 0.301 bits per heavy atom. The molecule has 0 N–H and O–H groups in total. The van der Waals surface area contributed by atoms with Crippen LogP contribution in [0.3, 0.4) is 0 Å². The molecule has 0 amide bonds. The molecule has 19 aromatic rings. The van der Waals surface area contributed by atoms with E-state index < -0.39 is 148 Å². The molecule has 0 fully saturated rings. The number of aromatic nitrogens is 2. The fourth-order valence-electron chi connectivity index (χ4n) is 16.8. The molecular weight excluding hydrogens is 1500 g/mol. The minimum atomic E-state index is -1.55. The Labute approximate surface area is 701 Å². The number of para-hydroxylation sites is 2. The van der Waals surface area contributed by atoms with Gasteiger partial charge < -0.3 is 0 Å². The summed E-state index contributed by atoms with van der Waals surface area (Å²) >= 11 is -2.23. The topological polar surface area (TPSA) is 16.3 Å². The minimum absolute atomic E-state index is 0.0186. The van der Waals surface area contributed by atoms with Gasteiger partial charge in [0.05, 0.1) is 0 Å². The van der Waals surface area contributed by atoms with Gasteiger partial charge in [-0.15, -0.1) is 0 Å². The van der Waals surface area contributed by atoms with Crippen LogP contribution in [-0.4, -0.2) is 38.1 Å². The fraction of sp³-hybridized carbons (Fsp3) is 0.121. The van der Waals surface area contributed by atoms with E-state index in [1.54, 1.807) is 24.3 Å². The summed E-state index contributed by atoms with van der Waals surface area (Å²) in [5.74, 6) is -1.55. The van der Waals surface area contributed by atoms with Crippen molar-refractivity contribution in [1.29, 1.82) is 0 Å². The van der Waals surface area contributed by atoms with Crippen molar-refractivity contribution >= 4 is 124 Å². The van der Waals surface area contributed by atoms with Crippen molar-refractivity contribution in [1.82, 2.24) is 9.13 Å². The van der Waals surface area contributed by atoms with Crippen molar-refractivity contribution < 1.29 is 27.4 Å². The van der Waals surface area contributed by atoms with Gasteiger partial charge in [-0.05, 0) is 0 Å². The molecule has 0 saturated carbocycles. The zero-order valence-electron chi connectivity index (χ0n) is 83.5.